The summed E-state index contributed by atoms with van der Waals surface area (Å²) in [6, 6.07) is 16.3. The molecule has 1 aromatic carbocycles. The summed E-state index contributed by atoms with van der Waals surface area (Å²) < 4.78 is 5.66. The number of ether oxygens (including phenoxy) is 1. The number of nitrogens with zero attached hydrogens (tertiary/aromatic N) is 3. The molecule has 1 saturated carbocycles. The molecule has 2 aliphatic rings. The first-order chi connectivity index (χ1) is 15.7. The fourth-order valence-electron chi connectivity index (χ4n) is 4.85. The molecule has 6 nitrogen and oxygen atoms in total. The maximum atomic E-state index is 13.5. The summed E-state index contributed by atoms with van der Waals surface area (Å²) in [5.41, 5.74) is 2.99. The van der Waals surface area contributed by atoms with Gasteiger partial charge in [-0.1, -0.05) is 30.3 Å². The van der Waals surface area contributed by atoms with Gasteiger partial charge in [-0.25, -0.2) is 4.98 Å². The van der Waals surface area contributed by atoms with Gasteiger partial charge in [0.15, 0.2) is 5.75 Å². The van der Waals surface area contributed by atoms with Gasteiger partial charge < -0.3 is 19.5 Å². The molecule has 1 spiro atoms. The van der Waals surface area contributed by atoms with E-state index in [-0.39, 0.29) is 11.4 Å². The van der Waals surface area contributed by atoms with Gasteiger partial charge in [-0.15, -0.1) is 11.3 Å². The van der Waals surface area contributed by atoms with Crippen molar-refractivity contribution in [3.8, 4) is 16.2 Å². The Morgan fingerprint density at radius 2 is 1.97 bits per heavy atom. The monoisotopic (exact) mass is 444 g/mol. The number of benzene rings is 1. The maximum absolute atomic E-state index is 13.5. The maximum Gasteiger partial charge on any atom is 0.264 e. The molecule has 0 atom stereocenters. The van der Waals surface area contributed by atoms with Crippen molar-refractivity contribution < 1.29 is 9.53 Å². The third-order valence-electron chi connectivity index (χ3n) is 6.66. The second-order valence-electron chi connectivity index (χ2n) is 8.55. The first-order valence-electron chi connectivity index (χ1n) is 10.9. The number of aromatic nitrogens is 2. The van der Waals surface area contributed by atoms with Crippen molar-refractivity contribution in [2.45, 2.75) is 18.4 Å². The van der Waals surface area contributed by atoms with Gasteiger partial charge in [0.25, 0.3) is 5.91 Å². The highest BCUT2D eigenvalue weighted by Gasteiger charge is 2.53. The van der Waals surface area contributed by atoms with E-state index in [1.807, 2.05) is 36.5 Å². The SMILES string of the molecule is COc1cnc2[nH]ccc2c1N1CCN(C(=O)c2ccc(-c3ccccc3)s2)C2(CC2)C1. The van der Waals surface area contributed by atoms with Gasteiger partial charge in [0.1, 0.15) is 5.65 Å². The molecule has 1 amide bonds. The van der Waals surface area contributed by atoms with Crippen LogP contribution in [0.2, 0.25) is 0 Å². The van der Waals surface area contributed by atoms with E-state index in [1.54, 1.807) is 24.6 Å². The summed E-state index contributed by atoms with van der Waals surface area (Å²) in [6.45, 7) is 2.29. The lowest BCUT2D eigenvalue weighted by Gasteiger charge is -2.43. The Balaban J connectivity index is 1.27. The van der Waals surface area contributed by atoms with Crippen LogP contribution in [0.15, 0.2) is 60.9 Å². The van der Waals surface area contributed by atoms with Gasteiger partial charge >= 0.3 is 0 Å². The molecule has 1 aliphatic carbocycles. The third kappa shape index (κ3) is 3.07. The van der Waals surface area contributed by atoms with E-state index in [1.165, 1.54) is 0 Å². The highest BCUT2D eigenvalue weighted by atomic mass is 32.1. The molecule has 1 N–H and O–H groups in total. The molecule has 1 saturated heterocycles. The quantitative estimate of drug-likeness (QED) is 0.491. The smallest absolute Gasteiger partial charge is 0.264 e. The number of hydrogen-bond acceptors (Lipinski definition) is 5. The topological polar surface area (TPSA) is 61.5 Å². The number of carbonyl (C=O) groups is 1. The van der Waals surface area contributed by atoms with E-state index in [2.05, 4.69) is 38.0 Å². The van der Waals surface area contributed by atoms with Crippen molar-refractivity contribution in [1.82, 2.24) is 14.9 Å². The number of hydrogen-bond donors (Lipinski definition) is 1. The lowest BCUT2D eigenvalue weighted by Crippen LogP contribution is -2.57. The summed E-state index contributed by atoms with van der Waals surface area (Å²) in [5.74, 6) is 0.932. The van der Waals surface area contributed by atoms with Crippen LogP contribution >= 0.6 is 11.3 Å². The number of methoxy groups -OCH3 is 1. The van der Waals surface area contributed by atoms with Gasteiger partial charge in [0, 0.05) is 36.1 Å². The van der Waals surface area contributed by atoms with Crippen LogP contribution in [-0.2, 0) is 0 Å². The largest absolute Gasteiger partial charge is 0.493 e. The predicted octanol–water partition coefficient (Wildman–Crippen LogP) is 4.80. The van der Waals surface area contributed by atoms with Gasteiger partial charge in [-0.2, -0.15) is 0 Å². The highest BCUT2D eigenvalue weighted by molar-refractivity contribution is 7.17. The average Bonchev–Trinajstić information content (AvgIpc) is 3.23. The van der Waals surface area contributed by atoms with Crippen LogP contribution in [0.3, 0.4) is 0 Å². The van der Waals surface area contributed by atoms with Crippen LogP contribution in [0, 0.1) is 0 Å². The van der Waals surface area contributed by atoms with E-state index >= 15 is 0 Å². The molecule has 0 radical (unpaired) electrons. The highest BCUT2D eigenvalue weighted by Crippen LogP contribution is 2.48. The van der Waals surface area contributed by atoms with Crippen LogP contribution in [0.25, 0.3) is 21.5 Å². The summed E-state index contributed by atoms with van der Waals surface area (Å²) in [5, 5.41) is 1.06. The normalized spacial score (nSPS) is 17.2. The summed E-state index contributed by atoms with van der Waals surface area (Å²) in [7, 11) is 1.69. The zero-order valence-electron chi connectivity index (χ0n) is 17.9. The molecule has 4 heterocycles. The van der Waals surface area contributed by atoms with E-state index in [0.717, 1.165) is 63.7 Å². The number of H-pyrrole nitrogens is 1. The lowest BCUT2D eigenvalue weighted by molar-refractivity contribution is 0.0629. The Hall–Kier alpha value is -3.32. The number of piperazine rings is 1. The molecule has 7 heteroatoms. The number of nitrogens with one attached hydrogen (secondary N) is 1. The summed E-state index contributed by atoms with van der Waals surface area (Å²) in [6.07, 6.45) is 5.77. The van der Waals surface area contributed by atoms with Crippen molar-refractivity contribution in [1.29, 1.82) is 0 Å². The molecule has 3 aromatic heterocycles. The number of fused-ring (bicyclic) bond motifs is 1. The standard InChI is InChI=1S/C25H24N4O2S/c1-31-19-15-27-23-18(9-12-26-23)22(19)28-13-14-29(25(16-28)10-11-25)24(30)21-8-7-20(32-21)17-5-3-2-4-6-17/h2-9,12,15H,10-11,13-14,16H2,1H3,(H,26,27). The fourth-order valence-corrected chi connectivity index (χ4v) is 5.81. The molecule has 2 fully saturated rings. The van der Waals surface area contributed by atoms with Crippen molar-refractivity contribution in [2.24, 2.45) is 0 Å². The molecular weight excluding hydrogens is 420 g/mol. The lowest BCUT2D eigenvalue weighted by atomic mass is 10.1. The Bertz CT molecular complexity index is 1290. The minimum atomic E-state index is -0.0941. The molecule has 1 aliphatic heterocycles. The van der Waals surface area contributed by atoms with E-state index in [9.17, 15) is 4.79 Å². The Morgan fingerprint density at radius 1 is 1.12 bits per heavy atom. The zero-order chi connectivity index (χ0) is 21.7. The second kappa shape index (κ2) is 7.38. The van der Waals surface area contributed by atoms with Crippen molar-refractivity contribution in [3.63, 3.8) is 0 Å². The van der Waals surface area contributed by atoms with Gasteiger partial charge in [0.05, 0.1) is 29.4 Å². The van der Waals surface area contributed by atoms with Crippen LogP contribution < -0.4 is 9.64 Å². The average molecular weight is 445 g/mol. The first kappa shape index (κ1) is 19.4. The Labute approximate surface area is 190 Å². The molecule has 32 heavy (non-hydrogen) atoms. The number of amides is 1. The summed E-state index contributed by atoms with van der Waals surface area (Å²) >= 11 is 1.59. The van der Waals surface area contributed by atoms with Crippen molar-refractivity contribution in [3.05, 3.63) is 65.8 Å². The molecule has 162 valence electrons. The Morgan fingerprint density at radius 3 is 2.75 bits per heavy atom. The number of pyridine rings is 1. The van der Waals surface area contributed by atoms with Crippen LogP contribution in [0.1, 0.15) is 22.5 Å². The molecule has 4 aromatic rings. The van der Waals surface area contributed by atoms with E-state index in [4.69, 9.17) is 4.74 Å². The minimum absolute atomic E-state index is 0.0941. The number of rotatable bonds is 4. The van der Waals surface area contributed by atoms with Gasteiger partial charge in [0.2, 0.25) is 0 Å². The van der Waals surface area contributed by atoms with Gasteiger partial charge in [-0.3, -0.25) is 4.79 Å². The van der Waals surface area contributed by atoms with Gasteiger partial charge in [-0.05, 0) is 36.6 Å². The number of carbonyl (C=O) groups excluding carboxylic acids is 1. The third-order valence-corrected chi connectivity index (χ3v) is 7.78. The number of aromatic amines is 1. The fraction of sp³-hybridized carbons (Fsp3) is 0.280. The van der Waals surface area contributed by atoms with E-state index < -0.39 is 0 Å². The second-order valence-corrected chi connectivity index (χ2v) is 9.63. The first-order valence-corrected chi connectivity index (χ1v) is 11.7. The van der Waals surface area contributed by atoms with Crippen molar-refractivity contribution >= 4 is 34.0 Å². The van der Waals surface area contributed by atoms with E-state index in [0.29, 0.717) is 6.54 Å². The molecule has 0 bridgehead atoms. The van der Waals surface area contributed by atoms with Crippen LogP contribution in [0.5, 0.6) is 5.75 Å². The predicted molar refractivity (Wildman–Crippen MR) is 128 cm³/mol. The van der Waals surface area contributed by atoms with Crippen LogP contribution in [0.4, 0.5) is 5.69 Å². The Kier molecular flexibility index (Phi) is 4.47. The number of anilines is 1. The number of thiophene rings is 1. The molecular formula is C25H24N4O2S. The molecule has 0 unspecified atom stereocenters. The minimum Gasteiger partial charge on any atom is -0.493 e. The zero-order valence-corrected chi connectivity index (χ0v) is 18.7. The molecule has 6 rings (SSSR count). The summed E-state index contributed by atoms with van der Waals surface area (Å²) in [4.78, 5) is 27.6. The van der Waals surface area contributed by atoms with Crippen LogP contribution in [-0.4, -0.2) is 53.1 Å². The van der Waals surface area contributed by atoms with Crippen molar-refractivity contribution in [2.75, 3.05) is 31.6 Å².